The maximum absolute atomic E-state index is 13.6. The van der Waals surface area contributed by atoms with Crippen LogP contribution in [0.2, 0.25) is 0 Å². The van der Waals surface area contributed by atoms with Gasteiger partial charge in [-0.3, -0.25) is 9.59 Å². The van der Waals surface area contributed by atoms with Crippen molar-refractivity contribution in [1.29, 1.82) is 0 Å². The maximum Gasteiger partial charge on any atom is 0.323 e. The van der Waals surface area contributed by atoms with Gasteiger partial charge < -0.3 is 10.0 Å². The summed E-state index contributed by atoms with van der Waals surface area (Å²) >= 11 is 0. The number of amides is 1. The summed E-state index contributed by atoms with van der Waals surface area (Å²) < 4.78 is 13.6. The lowest BCUT2D eigenvalue weighted by molar-refractivity contribution is -0.144. The predicted molar refractivity (Wildman–Crippen MR) is 73.9 cm³/mol. The number of hydrogen-bond donors (Lipinski definition) is 1. The largest absolute Gasteiger partial charge is 0.480 e. The Morgan fingerprint density at radius 1 is 1.35 bits per heavy atom. The number of carbonyl (C=O) groups is 2. The minimum absolute atomic E-state index is 0.105. The Kier molecular flexibility index (Phi) is 6.15. The van der Waals surface area contributed by atoms with Gasteiger partial charge in [-0.05, 0) is 24.0 Å². The van der Waals surface area contributed by atoms with Gasteiger partial charge in [0.25, 0.3) is 0 Å². The molecule has 1 aromatic rings. The molecule has 0 bridgehead atoms. The zero-order chi connectivity index (χ0) is 15.1. The SMILES string of the molecule is CCCN(CC(=O)O)C(=O)CC(C)c1ccccc1F. The standard InChI is InChI=1S/C15H20FNO3/c1-3-8-17(10-15(19)20)14(18)9-11(2)12-6-4-5-7-13(12)16/h4-7,11H,3,8-10H2,1-2H3,(H,19,20). The quantitative estimate of drug-likeness (QED) is 0.836. The van der Waals surface area contributed by atoms with Crippen LogP contribution in [0.5, 0.6) is 0 Å². The highest BCUT2D eigenvalue weighted by Crippen LogP contribution is 2.22. The van der Waals surface area contributed by atoms with Gasteiger partial charge in [-0.15, -0.1) is 0 Å². The van der Waals surface area contributed by atoms with Crippen LogP contribution < -0.4 is 0 Å². The molecule has 0 saturated carbocycles. The van der Waals surface area contributed by atoms with E-state index in [1.807, 2.05) is 6.92 Å². The number of aliphatic carboxylic acids is 1. The number of carboxylic acids is 1. The third-order valence-electron chi connectivity index (χ3n) is 3.09. The van der Waals surface area contributed by atoms with Crippen molar-refractivity contribution >= 4 is 11.9 Å². The van der Waals surface area contributed by atoms with Crippen molar-refractivity contribution in [2.75, 3.05) is 13.1 Å². The molecule has 0 aliphatic rings. The van der Waals surface area contributed by atoms with Crippen molar-refractivity contribution in [2.45, 2.75) is 32.6 Å². The Labute approximate surface area is 118 Å². The number of benzene rings is 1. The summed E-state index contributed by atoms with van der Waals surface area (Å²) in [4.78, 5) is 24.2. The third-order valence-corrected chi connectivity index (χ3v) is 3.09. The molecule has 110 valence electrons. The normalized spacial score (nSPS) is 11.9. The summed E-state index contributed by atoms with van der Waals surface area (Å²) in [7, 11) is 0. The molecule has 1 atom stereocenters. The Balaban J connectivity index is 2.72. The molecule has 20 heavy (non-hydrogen) atoms. The van der Waals surface area contributed by atoms with Gasteiger partial charge in [-0.1, -0.05) is 32.0 Å². The van der Waals surface area contributed by atoms with E-state index in [1.54, 1.807) is 25.1 Å². The highest BCUT2D eigenvalue weighted by Gasteiger charge is 2.20. The van der Waals surface area contributed by atoms with Gasteiger partial charge in [0.1, 0.15) is 12.4 Å². The molecule has 1 rings (SSSR count). The van der Waals surface area contributed by atoms with Crippen LogP contribution in [0.3, 0.4) is 0 Å². The van der Waals surface area contributed by atoms with E-state index in [4.69, 9.17) is 5.11 Å². The van der Waals surface area contributed by atoms with Crippen LogP contribution >= 0.6 is 0 Å². The number of carboxylic acid groups (broad SMARTS) is 1. The molecule has 0 aliphatic heterocycles. The van der Waals surface area contributed by atoms with Crippen molar-refractivity contribution < 1.29 is 19.1 Å². The Morgan fingerprint density at radius 3 is 2.55 bits per heavy atom. The van der Waals surface area contributed by atoms with Gasteiger partial charge in [0.2, 0.25) is 5.91 Å². The smallest absolute Gasteiger partial charge is 0.323 e. The maximum atomic E-state index is 13.6. The van der Waals surface area contributed by atoms with Gasteiger partial charge in [0.15, 0.2) is 0 Å². The summed E-state index contributed by atoms with van der Waals surface area (Å²) in [5.74, 6) is -1.92. The van der Waals surface area contributed by atoms with Crippen molar-refractivity contribution in [2.24, 2.45) is 0 Å². The zero-order valence-corrected chi connectivity index (χ0v) is 11.8. The van der Waals surface area contributed by atoms with Gasteiger partial charge in [0.05, 0.1) is 0 Å². The lowest BCUT2D eigenvalue weighted by atomic mass is 9.96. The van der Waals surface area contributed by atoms with E-state index in [9.17, 15) is 14.0 Å². The summed E-state index contributed by atoms with van der Waals surface area (Å²) in [6, 6.07) is 6.33. The molecule has 1 aromatic carbocycles. The monoisotopic (exact) mass is 281 g/mol. The van der Waals surface area contributed by atoms with Crippen LogP contribution in [-0.4, -0.2) is 35.0 Å². The number of hydrogen-bond acceptors (Lipinski definition) is 2. The van der Waals surface area contributed by atoms with Crippen LogP contribution in [0.25, 0.3) is 0 Å². The molecule has 0 heterocycles. The zero-order valence-electron chi connectivity index (χ0n) is 11.8. The van der Waals surface area contributed by atoms with Crippen molar-refractivity contribution in [3.05, 3.63) is 35.6 Å². The molecule has 0 aliphatic carbocycles. The molecule has 5 heteroatoms. The van der Waals surface area contributed by atoms with Crippen molar-refractivity contribution in [3.8, 4) is 0 Å². The van der Waals surface area contributed by atoms with Crippen LogP contribution in [0.4, 0.5) is 4.39 Å². The molecular weight excluding hydrogens is 261 g/mol. The molecule has 1 N–H and O–H groups in total. The number of halogens is 1. The molecule has 0 aromatic heterocycles. The second-order valence-corrected chi connectivity index (χ2v) is 4.84. The van der Waals surface area contributed by atoms with E-state index in [2.05, 4.69) is 0 Å². The fraction of sp³-hybridized carbons (Fsp3) is 0.467. The highest BCUT2D eigenvalue weighted by molar-refractivity contribution is 5.81. The average molecular weight is 281 g/mol. The van der Waals surface area contributed by atoms with Crippen LogP contribution in [-0.2, 0) is 9.59 Å². The molecule has 0 saturated heterocycles. The lowest BCUT2D eigenvalue weighted by Gasteiger charge is -2.22. The predicted octanol–water partition coefficient (Wildman–Crippen LogP) is 2.64. The minimum Gasteiger partial charge on any atom is -0.480 e. The van der Waals surface area contributed by atoms with Gasteiger partial charge >= 0.3 is 5.97 Å². The van der Waals surface area contributed by atoms with Crippen LogP contribution in [0.15, 0.2) is 24.3 Å². The first-order valence-electron chi connectivity index (χ1n) is 6.69. The Hall–Kier alpha value is -1.91. The number of nitrogens with zero attached hydrogens (tertiary/aromatic N) is 1. The second-order valence-electron chi connectivity index (χ2n) is 4.84. The summed E-state index contributed by atoms with van der Waals surface area (Å²) in [5.41, 5.74) is 0.479. The van der Waals surface area contributed by atoms with Crippen molar-refractivity contribution in [3.63, 3.8) is 0 Å². The molecule has 1 unspecified atom stereocenters. The Morgan fingerprint density at radius 2 is 2.00 bits per heavy atom. The molecule has 0 radical (unpaired) electrons. The molecule has 4 nitrogen and oxygen atoms in total. The minimum atomic E-state index is -1.04. The molecular formula is C15H20FNO3. The van der Waals surface area contributed by atoms with Crippen molar-refractivity contribution in [1.82, 2.24) is 4.90 Å². The van der Waals surface area contributed by atoms with Crippen LogP contribution in [0.1, 0.15) is 38.2 Å². The lowest BCUT2D eigenvalue weighted by Crippen LogP contribution is -2.36. The van der Waals surface area contributed by atoms with Crippen LogP contribution in [0, 0.1) is 5.82 Å². The summed E-state index contributed by atoms with van der Waals surface area (Å²) in [6.45, 7) is 3.73. The van der Waals surface area contributed by atoms with E-state index >= 15 is 0 Å². The second kappa shape index (κ2) is 7.62. The van der Waals surface area contributed by atoms with Gasteiger partial charge in [-0.2, -0.15) is 0 Å². The molecule has 0 fully saturated rings. The van der Waals surface area contributed by atoms with E-state index in [0.717, 1.165) is 0 Å². The third kappa shape index (κ3) is 4.64. The van der Waals surface area contributed by atoms with E-state index in [-0.39, 0.29) is 30.6 Å². The van der Waals surface area contributed by atoms with Gasteiger partial charge in [-0.25, -0.2) is 4.39 Å². The first-order valence-corrected chi connectivity index (χ1v) is 6.69. The fourth-order valence-corrected chi connectivity index (χ4v) is 2.10. The van der Waals surface area contributed by atoms with Gasteiger partial charge in [0, 0.05) is 13.0 Å². The highest BCUT2D eigenvalue weighted by atomic mass is 19.1. The van der Waals surface area contributed by atoms with E-state index < -0.39 is 5.97 Å². The van der Waals surface area contributed by atoms with E-state index in [1.165, 1.54) is 11.0 Å². The fourth-order valence-electron chi connectivity index (χ4n) is 2.10. The Bertz CT molecular complexity index is 476. The molecule has 0 spiro atoms. The summed E-state index contributed by atoms with van der Waals surface area (Å²) in [5, 5.41) is 8.80. The number of carbonyl (C=O) groups excluding carboxylic acids is 1. The number of rotatable bonds is 7. The average Bonchev–Trinajstić information content (AvgIpc) is 2.38. The van der Waals surface area contributed by atoms with E-state index in [0.29, 0.717) is 18.5 Å². The first-order chi connectivity index (χ1) is 9.45. The topological polar surface area (TPSA) is 57.6 Å². The first kappa shape index (κ1) is 16.1. The molecule has 1 amide bonds. The summed E-state index contributed by atoms with van der Waals surface area (Å²) in [6.07, 6.45) is 0.793.